The molecule has 0 spiro atoms. The molecule has 6 heteroatoms. The van der Waals surface area contributed by atoms with Crippen molar-refractivity contribution in [1.82, 2.24) is 10.6 Å². The van der Waals surface area contributed by atoms with Crippen molar-refractivity contribution in [1.29, 1.82) is 0 Å². The minimum Gasteiger partial charge on any atom is -0.465 e. The Balaban J connectivity index is 1.76. The summed E-state index contributed by atoms with van der Waals surface area (Å²) in [5.41, 5.74) is 7.80. The van der Waals surface area contributed by atoms with E-state index in [1.54, 1.807) is 42.5 Å². The summed E-state index contributed by atoms with van der Waals surface area (Å²) in [6.45, 7) is 0.238. The molecule has 0 radical (unpaired) electrons. The van der Waals surface area contributed by atoms with E-state index in [0.717, 1.165) is 5.56 Å². The van der Waals surface area contributed by atoms with Crippen molar-refractivity contribution in [3.05, 3.63) is 95.6 Å². The van der Waals surface area contributed by atoms with Crippen LogP contribution in [0.3, 0.4) is 0 Å². The molecule has 2 aromatic carbocycles. The van der Waals surface area contributed by atoms with E-state index in [0.29, 0.717) is 17.0 Å². The third-order valence-corrected chi connectivity index (χ3v) is 3.85. The molecule has 4 N–H and O–H groups in total. The number of anilines is 1. The van der Waals surface area contributed by atoms with E-state index >= 15 is 0 Å². The number of nitrogen functional groups attached to an aromatic ring is 1. The van der Waals surface area contributed by atoms with Gasteiger partial charge in [-0.3, -0.25) is 9.59 Å². The highest BCUT2D eigenvalue weighted by Gasteiger charge is 2.15. The molecule has 0 aliphatic carbocycles. The van der Waals surface area contributed by atoms with Crippen molar-refractivity contribution in [2.45, 2.75) is 6.54 Å². The fraction of sp³-hybridized carbons (Fsp3) is 0.0476. The summed E-state index contributed by atoms with van der Waals surface area (Å²) in [6.07, 6.45) is 2.97. The van der Waals surface area contributed by atoms with Crippen LogP contribution in [0.1, 0.15) is 21.7 Å². The molecule has 136 valence electrons. The molecule has 0 aliphatic rings. The molecule has 0 fully saturated rings. The first-order chi connectivity index (χ1) is 13.1. The van der Waals surface area contributed by atoms with Crippen LogP contribution < -0.4 is 16.4 Å². The minimum atomic E-state index is -0.445. The number of para-hydroxylation sites is 1. The summed E-state index contributed by atoms with van der Waals surface area (Å²) in [7, 11) is 0. The Bertz CT molecular complexity index is 948. The maximum Gasteiger partial charge on any atom is 0.268 e. The maximum atomic E-state index is 12.6. The Morgan fingerprint density at radius 1 is 0.963 bits per heavy atom. The Morgan fingerprint density at radius 3 is 2.41 bits per heavy atom. The second-order valence-corrected chi connectivity index (χ2v) is 5.78. The number of benzene rings is 2. The molecular formula is C21H19N3O3. The van der Waals surface area contributed by atoms with Crippen LogP contribution in [0.4, 0.5) is 5.69 Å². The van der Waals surface area contributed by atoms with Gasteiger partial charge in [0, 0.05) is 23.9 Å². The number of nitrogens with one attached hydrogen (secondary N) is 2. The summed E-state index contributed by atoms with van der Waals surface area (Å²) >= 11 is 0. The quantitative estimate of drug-likeness (QED) is 0.464. The van der Waals surface area contributed by atoms with Crippen LogP contribution in [-0.2, 0) is 11.3 Å². The number of hydrogen-bond acceptors (Lipinski definition) is 4. The van der Waals surface area contributed by atoms with Crippen molar-refractivity contribution >= 4 is 23.6 Å². The van der Waals surface area contributed by atoms with Crippen molar-refractivity contribution in [3.63, 3.8) is 0 Å². The fourth-order valence-corrected chi connectivity index (χ4v) is 2.42. The summed E-state index contributed by atoms with van der Waals surface area (Å²) in [5.74, 6) is -0.380. The van der Waals surface area contributed by atoms with Gasteiger partial charge in [-0.25, -0.2) is 0 Å². The molecule has 1 heterocycles. The molecule has 2 amide bonds. The Kier molecular flexibility index (Phi) is 5.69. The van der Waals surface area contributed by atoms with Crippen molar-refractivity contribution < 1.29 is 14.0 Å². The summed E-state index contributed by atoms with van der Waals surface area (Å²) in [5, 5.41) is 5.41. The van der Waals surface area contributed by atoms with Gasteiger partial charge >= 0.3 is 0 Å². The molecular weight excluding hydrogens is 342 g/mol. The van der Waals surface area contributed by atoms with Gasteiger partial charge in [-0.2, -0.15) is 0 Å². The van der Waals surface area contributed by atoms with Gasteiger partial charge in [-0.1, -0.05) is 36.4 Å². The largest absolute Gasteiger partial charge is 0.465 e. The average molecular weight is 361 g/mol. The first-order valence-corrected chi connectivity index (χ1v) is 8.36. The lowest BCUT2D eigenvalue weighted by Crippen LogP contribution is -2.34. The van der Waals surface area contributed by atoms with Crippen LogP contribution in [0.2, 0.25) is 0 Å². The lowest BCUT2D eigenvalue weighted by atomic mass is 10.2. The maximum absolute atomic E-state index is 12.6. The Hall–Kier alpha value is -3.80. The van der Waals surface area contributed by atoms with Gasteiger partial charge in [0.05, 0.1) is 6.26 Å². The van der Waals surface area contributed by atoms with Gasteiger partial charge < -0.3 is 20.8 Å². The third kappa shape index (κ3) is 4.85. The monoisotopic (exact) mass is 361 g/mol. The molecule has 0 atom stereocenters. The number of amides is 2. The number of nitrogens with two attached hydrogens (primary N) is 1. The van der Waals surface area contributed by atoms with Gasteiger partial charge in [0.15, 0.2) is 0 Å². The number of furan rings is 1. The number of carbonyl (C=O) groups is 2. The zero-order chi connectivity index (χ0) is 19.1. The van der Waals surface area contributed by atoms with Crippen molar-refractivity contribution in [2.24, 2.45) is 0 Å². The van der Waals surface area contributed by atoms with E-state index in [-0.39, 0.29) is 18.1 Å². The molecule has 1 aromatic heterocycles. The molecule has 3 rings (SSSR count). The lowest BCUT2D eigenvalue weighted by molar-refractivity contribution is -0.117. The predicted molar refractivity (Wildman–Crippen MR) is 103 cm³/mol. The van der Waals surface area contributed by atoms with E-state index in [2.05, 4.69) is 10.6 Å². The van der Waals surface area contributed by atoms with Crippen LogP contribution in [-0.4, -0.2) is 11.8 Å². The number of carbonyl (C=O) groups excluding carboxylic acids is 2. The van der Waals surface area contributed by atoms with Crippen molar-refractivity contribution in [3.8, 4) is 0 Å². The normalized spacial score (nSPS) is 11.0. The molecule has 0 saturated carbocycles. The minimum absolute atomic E-state index is 0.0771. The first-order valence-electron chi connectivity index (χ1n) is 8.36. The molecule has 0 bridgehead atoms. The van der Waals surface area contributed by atoms with Crippen LogP contribution in [0.15, 0.2) is 83.1 Å². The summed E-state index contributed by atoms with van der Waals surface area (Å²) in [4.78, 5) is 25.1. The lowest BCUT2D eigenvalue weighted by Gasteiger charge is -2.12. The second kappa shape index (κ2) is 8.53. The highest BCUT2D eigenvalue weighted by Crippen LogP contribution is 2.11. The molecule has 6 nitrogen and oxygen atoms in total. The fourth-order valence-electron chi connectivity index (χ4n) is 2.42. The van der Waals surface area contributed by atoms with Crippen LogP contribution >= 0.6 is 0 Å². The van der Waals surface area contributed by atoms with Gasteiger partial charge in [-0.15, -0.1) is 0 Å². The van der Waals surface area contributed by atoms with E-state index in [4.69, 9.17) is 10.2 Å². The van der Waals surface area contributed by atoms with Gasteiger partial charge in [0.25, 0.3) is 11.8 Å². The zero-order valence-electron chi connectivity index (χ0n) is 14.5. The summed E-state index contributed by atoms with van der Waals surface area (Å²) in [6, 6.07) is 19.3. The second-order valence-electron chi connectivity index (χ2n) is 5.78. The van der Waals surface area contributed by atoms with Crippen LogP contribution in [0, 0.1) is 0 Å². The van der Waals surface area contributed by atoms with E-state index in [1.165, 1.54) is 12.3 Å². The van der Waals surface area contributed by atoms with Gasteiger partial charge in [0.1, 0.15) is 11.5 Å². The third-order valence-electron chi connectivity index (χ3n) is 3.85. The average Bonchev–Trinajstić information content (AvgIpc) is 3.20. The van der Waals surface area contributed by atoms with Crippen LogP contribution in [0.25, 0.3) is 6.08 Å². The van der Waals surface area contributed by atoms with E-state index in [9.17, 15) is 9.59 Å². The van der Waals surface area contributed by atoms with E-state index < -0.39 is 5.91 Å². The molecule has 0 saturated heterocycles. The van der Waals surface area contributed by atoms with E-state index in [1.807, 2.05) is 24.3 Å². The Morgan fingerprint density at radius 2 is 1.70 bits per heavy atom. The molecule has 0 aliphatic heterocycles. The van der Waals surface area contributed by atoms with Gasteiger partial charge in [-0.05, 0) is 35.9 Å². The Labute approximate surface area is 156 Å². The van der Waals surface area contributed by atoms with Crippen molar-refractivity contribution in [2.75, 3.05) is 5.73 Å². The predicted octanol–water partition coefficient (Wildman–Crippen LogP) is 2.95. The number of rotatable bonds is 6. The zero-order valence-corrected chi connectivity index (χ0v) is 14.5. The first kappa shape index (κ1) is 18.0. The summed E-state index contributed by atoms with van der Waals surface area (Å²) < 4.78 is 5.26. The number of hydrogen-bond donors (Lipinski definition) is 3. The standard InChI is InChI=1S/C21H19N3O3/c22-18-11-5-4-9-16(18)14-23-21(26)19(13-17-10-6-12-27-17)24-20(25)15-7-2-1-3-8-15/h1-13H,14,22H2,(H,23,26)(H,24,25). The highest BCUT2D eigenvalue weighted by atomic mass is 16.3. The smallest absolute Gasteiger partial charge is 0.268 e. The highest BCUT2D eigenvalue weighted by molar-refractivity contribution is 6.05. The molecule has 27 heavy (non-hydrogen) atoms. The van der Waals surface area contributed by atoms with Crippen LogP contribution in [0.5, 0.6) is 0 Å². The topological polar surface area (TPSA) is 97.4 Å². The molecule has 3 aromatic rings. The van der Waals surface area contributed by atoms with Gasteiger partial charge in [0.2, 0.25) is 0 Å². The molecule has 0 unspecified atom stereocenters. The SMILES string of the molecule is Nc1ccccc1CNC(=O)C(=Cc1ccco1)NC(=O)c1ccccc1.